The first-order valence-electron chi connectivity index (χ1n) is 9.82. The summed E-state index contributed by atoms with van der Waals surface area (Å²) in [6.45, 7) is 0. The van der Waals surface area contributed by atoms with Crippen LogP contribution in [0.2, 0.25) is 0 Å². The summed E-state index contributed by atoms with van der Waals surface area (Å²) in [4.78, 5) is 12.2. The average Bonchev–Trinajstić information content (AvgIpc) is 3.53. The molecule has 4 heteroatoms. The minimum Gasteiger partial charge on any atom is -0.227 e. The first kappa shape index (κ1) is 18.0. The van der Waals surface area contributed by atoms with Crippen LogP contribution in [0, 0.1) is 23.7 Å². The highest BCUT2D eigenvalue weighted by molar-refractivity contribution is 7.78. The van der Waals surface area contributed by atoms with Gasteiger partial charge in [-0.1, -0.05) is 30.9 Å². The number of rotatable bonds is 4. The molecule has 0 atom stereocenters. The maximum Gasteiger partial charge on any atom is 0.205 e. The Labute approximate surface area is 166 Å². The van der Waals surface area contributed by atoms with Gasteiger partial charge in [0.2, 0.25) is 5.82 Å². The minimum atomic E-state index is 0.483. The highest BCUT2D eigenvalue weighted by Crippen LogP contribution is 2.43. The van der Waals surface area contributed by atoms with Crippen LogP contribution < -0.4 is 0 Å². The zero-order valence-electron chi connectivity index (χ0n) is 15.4. The Kier molecular flexibility index (Phi) is 5.72. The van der Waals surface area contributed by atoms with Gasteiger partial charge in [-0.25, -0.2) is 9.97 Å². The molecule has 0 N–H and O–H groups in total. The molecule has 2 fully saturated rings. The number of nitrogens with zero attached hydrogens (tertiary/aromatic N) is 3. The maximum atomic E-state index is 4.56. The van der Waals surface area contributed by atoms with Crippen molar-refractivity contribution >= 4 is 23.1 Å². The molecule has 0 amide bonds. The quantitative estimate of drug-likeness (QED) is 0.393. The SMILES string of the molecule is S=C=Nc1cnc(C#Cc2ccc(C3CCC(CC4CC4)CC3)cc2)nc1. The molecule has 1 aromatic carbocycles. The third-order valence-corrected chi connectivity index (χ3v) is 5.82. The van der Waals surface area contributed by atoms with Gasteiger partial charge in [0, 0.05) is 5.56 Å². The van der Waals surface area contributed by atoms with E-state index < -0.39 is 0 Å². The van der Waals surface area contributed by atoms with Crippen LogP contribution in [-0.2, 0) is 0 Å². The summed E-state index contributed by atoms with van der Waals surface area (Å²) in [5.41, 5.74) is 3.04. The second kappa shape index (κ2) is 8.57. The van der Waals surface area contributed by atoms with Gasteiger partial charge in [-0.05, 0) is 85.7 Å². The van der Waals surface area contributed by atoms with E-state index in [1.54, 1.807) is 12.4 Å². The third-order valence-electron chi connectivity index (χ3n) is 5.72. The van der Waals surface area contributed by atoms with E-state index in [4.69, 9.17) is 0 Å². The number of hydrogen-bond donors (Lipinski definition) is 0. The van der Waals surface area contributed by atoms with Crippen molar-refractivity contribution in [2.24, 2.45) is 16.8 Å². The zero-order valence-corrected chi connectivity index (χ0v) is 16.2. The molecular weight excluding hydrogens is 350 g/mol. The van der Waals surface area contributed by atoms with E-state index in [9.17, 15) is 0 Å². The van der Waals surface area contributed by atoms with Gasteiger partial charge in [0.1, 0.15) is 5.69 Å². The Bertz CT molecular complexity index is 874. The second-order valence-electron chi connectivity index (χ2n) is 7.74. The molecule has 0 radical (unpaired) electrons. The molecule has 27 heavy (non-hydrogen) atoms. The Hall–Kier alpha value is -2.34. The van der Waals surface area contributed by atoms with Crippen molar-refractivity contribution in [3.63, 3.8) is 0 Å². The summed E-state index contributed by atoms with van der Waals surface area (Å²) in [7, 11) is 0. The van der Waals surface area contributed by atoms with Gasteiger partial charge in [0.25, 0.3) is 0 Å². The minimum absolute atomic E-state index is 0.483. The van der Waals surface area contributed by atoms with E-state index in [0.29, 0.717) is 11.5 Å². The van der Waals surface area contributed by atoms with Crippen molar-refractivity contribution in [2.45, 2.75) is 50.9 Å². The third kappa shape index (κ3) is 5.10. The van der Waals surface area contributed by atoms with Gasteiger partial charge in [-0.2, -0.15) is 4.99 Å². The van der Waals surface area contributed by atoms with Crippen molar-refractivity contribution in [1.29, 1.82) is 0 Å². The van der Waals surface area contributed by atoms with E-state index >= 15 is 0 Å². The van der Waals surface area contributed by atoms with Gasteiger partial charge >= 0.3 is 0 Å². The van der Waals surface area contributed by atoms with Gasteiger partial charge in [0.15, 0.2) is 0 Å². The molecule has 0 unspecified atom stereocenters. The summed E-state index contributed by atoms with van der Waals surface area (Å²) in [5, 5.41) is 2.30. The van der Waals surface area contributed by atoms with E-state index in [2.05, 4.69) is 68.4 Å². The normalized spacial score (nSPS) is 21.6. The lowest BCUT2D eigenvalue weighted by molar-refractivity contribution is 0.299. The van der Waals surface area contributed by atoms with Crippen LogP contribution in [0.4, 0.5) is 5.69 Å². The predicted molar refractivity (Wildman–Crippen MR) is 111 cm³/mol. The largest absolute Gasteiger partial charge is 0.227 e. The molecule has 2 aliphatic carbocycles. The number of isothiocyanates is 1. The smallest absolute Gasteiger partial charge is 0.205 e. The van der Waals surface area contributed by atoms with Crippen LogP contribution in [0.15, 0.2) is 41.7 Å². The number of aromatic nitrogens is 2. The fraction of sp³-hybridized carbons (Fsp3) is 0.435. The van der Waals surface area contributed by atoms with Gasteiger partial charge < -0.3 is 0 Å². The fourth-order valence-corrected chi connectivity index (χ4v) is 4.12. The predicted octanol–water partition coefficient (Wildman–Crippen LogP) is 5.68. The summed E-state index contributed by atoms with van der Waals surface area (Å²) in [5.74, 6) is 9.39. The first-order chi connectivity index (χ1) is 13.3. The van der Waals surface area contributed by atoms with E-state index in [-0.39, 0.29) is 0 Å². The Morgan fingerprint density at radius 3 is 2.11 bits per heavy atom. The van der Waals surface area contributed by atoms with Crippen LogP contribution in [-0.4, -0.2) is 15.1 Å². The topological polar surface area (TPSA) is 38.1 Å². The molecule has 0 saturated heterocycles. The lowest BCUT2D eigenvalue weighted by Gasteiger charge is -2.28. The molecule has 136 valence electrons. The van der Waals surface area contributed by atoms with Crippen molar-refractivity contribution < 1.29 is 0 Å². The summed E-state index contributed by atoms with van der Waals surface area (Å²) < 4.78 is 0. The summed E-state index contributed by atoms with van der Waals surface area (Å²) in [6, 6.07) is 8.72. The maximum absolute atomic E-state index is 4.56. The average molecular weight is 374 g/mol. The van der Waals surface area contributed by atoms with Crippen LogP contribution in [0.3, 0.4) is 0 Å². The Balaban J connectivity index is 1.34. The number of thiocarbonyl (C=S) groups is 1. The molecule has 0 aliphatic heterocycles. The molecule has 2 aliphatic rings. The standard InChI is InChI=1S/C23H23N3S/c27-16-26-22-14-24-23(25-15-22)12-7-17-3-8-20(9-4-17)21-10-5-19(6-11-21)13-18-1-2-18/h3-4,8-9,14-15,18-19,21H,1-2,5-6,10-11,13H2. The molecule has 3 nitrogen and oxygen atoms in total. The highest BCUT2D eigenvalue weighted by Gasteiger charge is 2.28. The Morgan fingerprint density at radius 1 is 0.889 bits per heavy atom. The van der Waals surface area contributed by atoms with E-state index in [0.717, 1.165) is 23.3 Å². The number of aliphatic imine (C=N–C) groups is 1. The van der Waals surface area contributed by atoms with Crippen LogP contribution in [0.1, 0.15) is 67.8 Å². The van der Waals surface area contributed by atoms with Crippen molar-refractivity contribution in [1.82, 2.24) is 9.97 Å². The monoisotopic (exact) mass is 373 g/mol. The molecular formula is C23H23N3S. The highest BCUT2D eigenvalue weighted by atomic mass is 32.1. The van der Waals surface area contributed by atoms with E-state index in [1.807, 2.05) is 0 Å². The van der Waals surface area contributed by atoms with Gasteiger partial charge in [0.05, 0.1) is 17.6 Å². The zero-order chi connectivity index (χ0) is 18.5. The van der Waals surface area contributed by atoms with Crippen molar-refractivity contribution in [2.75, 3.05) is 0 Å². The van der Waals surface area contributed by atoms with Crippen LogP contribution in [0.25, 0.3) is 0 Å². The second-order valence-corrected chi connectivity index (χ2v) is 7.92. The number of hydrogen-bond acceptors (Lipinski definition) is 4. The van der Waals surface area contributed by atoms with Gasteiger partial charge in [-0.3, -0.25) is 0 Å². The fourth-order valence-electron chi connectivity index (χ4n) is 4.02. The molecule has 0 bridgehead atoms. The number of benzene rings is 1. The molecule has 1 aromatic heterocycles. The summed E-state index contributed by atoms with van der Waals surface area (Å²) in [6.07, 6.45) is 13.1. The lowest BCUT2D eigenvalue weighted by atomic mass is 9.77. The molecule has 2 saturated carbocycles. The van der Waals surface area contributed by atoms with E-state index in [1.165, 1.54) is 50.5 Å². The van der Waals surface area contributed by atoms with Crippen LogP contribution in [0.5, 0.6) is 0 Å². The lowest BCUT2D eigenvalue weighted by Crippen LogP contribution is -2.13. The molecule has 4 rings (SSSR count). The molecule has 1 heterocycles. The van der Waals surface area contributed by atoms with Crippen molar-refractivity contribution in [3.8, 4) is 11.8 Å². The van der Waals surface area contributed by atoms with Gasteiger partial charge in [-0.15, -0.1) is 0 Å². The van der Waals surface area contributed by atoms with Crippen molar-refractivity contribution in [3.05, 3.63) is 53.6 Å². The van der Waals surface area contributed by atoms with Crippen LogP contribution >= 0.6 is 12.2 Å². The summed E-state index contributed by atoms with van der Waals surface area (Å²) >= 11 is 4.56. The Morgan fingerprint density at radius 2 is 1.52 bits per heavy atom. The molecule has 2 aromatic rings. The molecule has 0 spiro atoms. The first-order valence-corrected chi connectivity index (χ1v) is 10.2.